The molecule has 102 valence electrons. The van der Waals surface area contributed by atoms with E-state index in [1.54, 1.807) is 4.68 Å². The van der Waals surface area contributed by atoms with Gasteiger partial charge in [0.2, 0.25) is 0 Å². The highest BCUT2D eigenvalue weighted by atomic mass is 32.2. The molecule has 0 saturated heterocycles. The second kappa shape index (κ2) is 5.01. The molecule has 1 saturated carbocycles. The molecule has 2 rings (SSSR count). The molecular weight excluding hydrogens is 250 g/mol. The van der Waals surface area contributed by atoms with Crippen LogP contribution in [0.2, 0.25) is 0 Å². The van der Waals surface area contributed by atoms with Crippen molar-refractivity contribution in [2.24, 2.45) is 7.05 Å². The highest BCUT2D eigenvalue weighted by Gasteiger charge is 2.34. The molecule has 2 atom stereocenters. The first-order valence-electron chi connectivity index (χ1n) is 6.29. The third kappa shape index (κ3) is 2.92. The first kappa shape index (κ1) is 13.5. The van der Waals surface area contributed by atoms with Crippen molar-refractivity contribution in [1.29, 1.82) is 0 Å². The van der Waals surface area contributed by atoms with E-state index in [1.165, 1.54) is 6.26 Å². The number of nitrogens with zero attached hydrogens (tertiary/aromatic N) is 2. The van der Waals surface area contributed by atoms with Crippen molar-refractivity contribution in [3.8, 4) is 0 Å². The second-order valence-corrected chi connectivity index (χ2v) is 7.46. The van der Waals surface area contributed by atoms with Gasteiger partial charge in [0.05, 0.1) is 10.9 Å². The minimum Gasteiger partial charge on any atom is -0.309 e. The zero-order valence-corrected chi connectivity index (χ0v) is 12.0. The molecule has 1 aromatic rings. The van der Waals surface area contributed by atoms with Crippen molar-refractivity contribution >= 4 is 9.84 Å². The molecule has 1 heterocycles. The van der Waals surface area contributed by atoms with Crippen molar-refractivity contribution < 1.29 is 8.42 Å². The number of rotatable bonds is 4. The SMILES string of the molecule is Cc1nn(C)cc1CNC1CCCC1S(C)(=O)=O. The summed E-state index contributed by atoms with van der Waals surface area (Å²) in [6.07, 6.45) is 6.03. The summed E-state index contributed by atoms with van der Waals surface area (Å²) in [4.78, 5) is 0. The summed E-state index contributed by atoms with van der Waals surface area (Å²) >= 11 is 0. The molecule has 0 aliphatic heterocycles. The van der Waals surface area contributed by atoms with E-state index < -0.39 is 9.84 Å². The Morgan fingerprint density at radius 3 is 2.78 bits per heavy atom. The van der Waals surface area contributed by atoms with Crippen molar-refractivity contribution in [3.63, 3.8) is 0 Å². The van der Waals surface area contributed by atoms with Crippen LogP contribution in [0.4, 0.5) is 0 Å². The molecule has 0 aromatic carbocycles. The van der Waals surface area contributed by atoms with E-state index >= 15 is 0 Å². The smallest absolute Gasteiger partial charge is 0.151 e. The Hall–Kier alpha value is -0.880. The second-order valence-electron chi connectivity index (χ2n) is 5.20. The lowest BCUT2D eigenvalue weighted by atomic mass is 10.2. The van der Waals surface area contributed by atoms with Crippen LogP contribution in [-0.2, 0) is 23.4 Å². The summed E-state index contributed by atoms with van der Waals surface area (Å²) in [5.41, 5.74) is 2.13. The van der Waals surface area contributed by atoms with Gasteiger partial charge in [0, 0.05) is 37.7 Å². The zero-order chi connectivity index (χ0) is 13.3. The van der Waals surface area contributed by atoms with Crippen LogP contribution in [0.1, 0.15) is 30.5 Å². The summed E-state index contributed by atoms with van der Waals surface area (Å²) in [5, 5.41) is 7.43. The molecular formula is C12H21N3O2S. The van der Waals surface area contributed by atoms with Crippen LogP contribution in [-0.4, -0.2) is 35.7 Å². The Kier molecular flexibility index (Phi) is 3.77. The lowest BCUT2D eigenvalue weighted by molar-refractivity contribution is 0.506. The van der Waals surface area contributed by atoms with Gasteiger partial charge in [-0.05, 0) is 19.8 Å². The Labute approximate surface area is 108 Å². The molecule has 0 radical (unpaired) electrons. The molecule has 1 aliphatic rings. The van der Waals surface area contributed by atoms with Crippen LogP contribution in [0.15, 0.2) is 6.20 Å². The quantitative estimate of drug-likeness (QED) is 0.879. The monoisotopic (exact) mass is 271 g/mol. The number of nitrogens with one attached hydrogen (secondary N) is 1. The molecule has 1 fully saturated rings. The highest BCUT2D eigenvalue weighted by molar-refractivity contribution is 7.91. The highest BCUT2D eigenvalue weighted by Crippen LogP contribution is 2.25. The van der Waals surface area contributed by atoms with E-state index in [2.05, 4.69) is 10.4 Å². The van der Waals surface area contributed by atoms with Gasteiger partial charge in [-0.2, -0.15) is 5.10 Å². The van der Waals surface area contributed by atoms with E-state index in [9.17, 15) is 8.42 Å². The van der Waals surface area contributed by atoms with Crippen molar-refractivity contribution in [1.82, 2.24) is 15.1 Å². The first-order chi connectivity index (χ1) is 8.38. The van der Waals surface area contributed by atoms with Crippen LogP contribution in [0.25, 0.3) is 0 Å². The van der Waals surface area contributed by atoms with Crippen LogP contribution < -0.4 is 5.32 Å². The zero-order valence-electron chi connectivity index (χ0n) is 11.2. The van der Waals surface area contributed by atoms with Gasteiger partial charge in [0.15, 0.2) is 9.84 Å². The fraction of sp³-hybridized carbons (Fsp3) is 0.750. The average molecular weight is 271 g/mol. The van der Waals surface area contributed by atoms with Crippen molar-refractivity contribution in [2.45, 2.75) is 44.0 Å². The van der Waals surface area contributed by atoms with E-state index in [0.717, 1.165) is 30.5 Å². The Bertz CT molecular complexity index is 521. The number of sulfone groups is 1. The maximum absolute atomic E-state index is 11.7. The standard InChI is InChI=1S/C12H21N3O2S/c1-9-10(8-15(2)14-9)7-13-11-5-4-6-12(11)18(3,16)17/h8,11-13H,4-7H2,1-3H3. The first-order valence-corrected chi connectivity index (χ1v) is 8.25. The van der Waals surface area contributed by atoms with Crippen molar-refractivity contribution in [3.05, 3.63) is 17.5 Å². The Balaban J connectivity index is 2.00. The van der Waals surface area contributed by atoms with E-state index in [-0.39, 0.29) is 11.3 Å². The summed E-state index contributed by atoms with van der Waals surface area (Å²) in [7, 11) is -1.05. The summed E-state index contributed by atoms with van der Waals surface area (Å²) in [6.45, 7) is 2.66. The number of hydrogen-bond acceptors (Lipinski definition) is 4. The lowest BCUT2D eigenvalue weighted by Crippen LogP contribution is -2.39. The maximum Gasteiger partial charge on any atom is 0.151 e. The van der Waals surface area contributed by atoms with E-state index in [0.29, 0.717) is 6.54 Å². The molecule has 1 aromatic heterocycles. The Morgan fingerprint density at radius 2 is 2.22 bits per heavy atom. The average Bonchev–Trinajstić information content (AvgIpc) is 2.81. The predicted molar refractivity (Wildman–Crippen MR) is 71.1 cm³/mol. The molecule has 1 N–H and O–H groups in total. The molecule has 6 heteroatoms. The van der Waals surface area contributed by atoms with E-state index in [4.69, 9.17) is 0 Å². The van der Waals surface area contributed by atoms with Gasteiger partial charge in [-0.1, -0.05) is 6.42 Å². The number of aryl methyl sites for hydroxylation is 2. The van der Waals surface area contributed by atoms with Gasteiger partial charge in [0.1, 0.15) is 0 Å². The van der Waals surface area contributed by atoms with Gasteiger partial charge < -0.3 is 5.32 Å². The van der Waals surface area contributed by atoms with Crippen LogP contribution in [0, 0.1) is 6.92 Å². The third-order valence-electron chi connectivity index (χ3n) is 3.67. The normalized spacial score (nSPS) is 24.6. The van der Waals surface area contributed by atoms with Gasteiger partial charge in [-0.3, -0.25) is 4.68 Å². The molecule has 1 aliphatic carbocycles. The number of hydrogen-bond donors (Lipinski definition) is 1. The lowest BCUT2D eigenvalue weighted by Gasteiger charge is -2.19. The summed E-state index contributed by atoms with van der Waals surface area (Å²) < 4.78 is 25.1. The summed E-state index contributed by atoms with van der Waals surface area (Å²) in [6, 6.07) is 0.0830. The molecule has 0 spiro atoms. The molecule has 0 bridgehead atoms. The van der Waals surface area contributed by atoms with Crippen molar-refractivity contribution in [2.75, 3.05) is 6.26 Å². The topological polar surface area (TPSA) is 64.0 Å². The fourth-order valence-electron chi connectivity index (χ4n) is 2.74. The van der Waals surface area contributed by atoms with Crippen LogP contribution in [0.3, 0.4) is 0 Å². The Morgan fingerprint density at radius 1 is 1.50 bits per heavy atom. The van der Waals surface area contributed by atoms with Gasteiger partial charge in [0.25, 0.3) is 0 Å². The minimum absolute atomic E-state index is 0.0830. The molecule has 5 nitrogen and oxygen atoms in total. The van der Waals surface area contributed by atoms with Gasteiger partial charge in [-0.25, -0.2) is 8.42 Å². The predicted octanol–water partition coefficient (Wildman–Crippen LogP) is 0.784. The largest absolute Gasteiger partial charge is 0.309 e. The minimum atomic E-state index is -2.94. The van der Waals surface area contributed by atoms with Gasteiger partial charge in [-0.15, -0.1) is 0 Å². The summed E-state index contributed by atoms with van der Waals surface area (Å²) in [5.74, 6) is 0. The number of aromatic nitrogens is 2. The van der Waals surface area contributed by atoms with Gasteiger partial charge >= 0.3 is 0 Å². The van der Waals surface area contributed by atoms with Crippen LogP contribution >= 0.6 is 0 Å². The molecule has 18 heavy (non-hydrogen) atoms. The van der Waals surface area contributed by atoms with E-state index in [1.807, 2.05) is 20.2 Å². The fourth-order valence-corrected chi connectivity index (χ4v) is 4.16. The molecule has 2 unspecified atom stereocenters. The maximum atomic E-state index is 11.7. The third-order valence-corrected chi connectivity index (χ3v) is 5.34. The van der Waals surface area contributed by atoms with Crippen LogP contribution in [0.5, 0.6) is 0 Å². The molecule has 0 amide bonds.